The number of hydrogen-bond donors (Lipinski definition) is 0. The lowest BCUT2D eigenvalue weighted by atomic mass is 9.89. The molecule has 1 aliphatic carbocycles. The van der Waals surface area contributed by atoms with E-state index in [4.69, 9.17) is 14.2 Å². The average molecular weight is 338 g/mol. The van der Waals surface area contributed by atoms with Crippen molar-refractivity contribution in [3.05, 3.63) is 65.4 Å². The third kappa shape index (κ3) is 3.38. The fraction of sp³-hybridized carbons (Fsp3) is 0.286. The number of carbonyl (C=O) groups excluding carboxylic acids is 1. The lowest BCUT2D eigenvalue weighted by Crippen LogP contribution is -2.09. The number of allylic oxidation sites excluding steroid dienone is 3. The summed E-state index contributed by atoms with van der Waals surface area (Å²) in [7, 11) is 4.64. The molecule has 0 N–H and O–H groups in total. The van der Waals surface area contributed by atoms with Crippen LogP contribution >= 0.6 is 0 Å². The first-order valence-electron chi connectivity index (χ1n) is 8.27. The zero-order chi connectivity index (χ0) is 17.8. The Labute approximate surface area is 147 Å². The number of hydrogen-bond acceptors (Lipinski definition) is 4. The summed E-state index contributed by atoms with van der Waals surface area (Å²) in [5.41, 5.74) is 1.58. The number of rotatable bonds is 5. The molecule has 0 heterocycles. The van der Waals surface area contributed by atoms with Crippen LogP contribution < -0.4 is 4.74 Å². The second-order valence-electron chi connectivity index (χ2n) is 6.02. The Morgan fingerprint density at radius 3 is 2.48 bits per heavy atom. The van der Waals surface area contributed by atoms with Gasteiger partial charge in [0.2, 0.25) is 0 Å². The Hall–Kier alpha value is -2.75. The van der Waals surface area contributed by atoms with E-state index in [1.807, 2.05) is 30.3 Å². The van der Waals surface area contributed by atoms with Crippen LogP contribution in [0.15, 0.2) is 54.3 Å². The first-order chi connectivity index (χ1) is 12.2. The smallest absolute Gasteiger partial charge is 0.341 e. The number of fused-ring (bicyclic) bond motifs is 1. The first kappa shape index (κ1) is 17.1. The fourth-order valence-electron chi connectivity index (χ4n) is 3.30. The molecule has 0 radical (unpaired) electrons. The summed E-state index contributed by atoms with van der Waals surface area (Å²) in [6.07, 6.45) is 8.00. The van der Waals surface area contributed by atoms with Crippen LogP contribution in [-0.2, 0) is 15.9 Å². The molecule has 1 unspecified atom stereocenters. The van der Waals surface area contributed by atoms with Gasteiger partial charge in [0.05, 0.1) is 21.3 Å². The Morgan fingerprint density at radius 1 is 1.12 bits per heavy atom. The van der Waals surface area contributed by atoms with Gasteiger partial charge in [-0.3, -0.25) is 0 Å². The predicted octanol–water partition coefficient (Wildman–Crippen LogP) is 4.28. The van der Waals surface area contributed by atoms with Crippen LogP contribution in [0.4, 0.5) is 0 Å². The number of carbonyl (C=O) groups is 1. The summed E-state index contributed by atoms with van der Waals surface area (Å²) in [4.78, 5) is 12.2. The van der Waals surface area contributed by atoms with Crippen molar-refractivity contribution in [2.75, 3.05) is 21.3 Å². The van der Waals surface area contributed by atoms with Gasteiger partial charge in [-0.2, -0.15) is 0 Å². The van der Waals surface area contributed by atoms with Gasteiger partial charge in [-0.05, 0) is 47.9 Å². The largest absolute Gasteiger partial charge is 0.497 e. The Kier molecular flexibility index (Phi) is 5.08. The van der Waals surface area contributed by atoms with Gasteiger partial charge in [0.1, 0.15) is 17.1 Å². The van der Waals surface area contributed by atoms with Gasteiger partial charge >= 0.3 is 5.97 Å². The van der Waals surface area contributed by atoms with Crippen LogP contribution in [-0.4, -0.2) is 27.3 Å². The highest BCUT2D eigenvalue weighted by Crippen LogP contribution is 2.35. The van der Waals surface area contributed by atoms with Crippen LogP contribution in [0.25, 0.3) is 10.8 Å². The van der Waals surface area contributed by atoms with Gasteiger partial charge in [0.15, 0.2) is 0 Å². The van der Waals surface area contributed by atoms with E-state index in [0.29, 0.717) is 17.2 Å². The third-order valence-corrected chi connectivity index (χ3v) is 4.56. The molecule has 25 heavy (non-hydrogen) atoms. The quantitative estimate of drug-likeness (QED) is 0.763. The zero-order valence-corrected chi connectivity index (χ0v) is 14.7. The fourth-order valence-corrected chi connectivity index (χ4v) is 3.30. The minimum absolute atomic E-state index is 0.362. The van der Waals surface area contributed by atoms with Crippen molar-refractivity contribution in [2.45, 2.75) is 12.8 Å². The lowest BCUT2D eigenvalue weighted by Gasteiger charge is -2.19. The van der Waals surface area contributed by atoms with Gasteiger partial charge < -0.3 is 14.2 Å². The van der Waals surface area contributed by atoms with Crippen LogP contribution in [0.2, 0.25) is 0 Å². The minimum Gasteiger partial charge on any atom is -0.497 e. The highest BCUT2D eigenvalue weighted by Gasteiger charge is 2.20. The van der Waals surface area contributed by atoms with Gasteiger partial charge in [-0.1, -0.05) is 30.3 Å². The van der Waals surface area contributed by atoms with Crippen molar-refractivity contribution in [3.8, 4) is 5.75 Å². The van der Waals surface area contributed by atoms with Gasteiger partial charge in [0, 0.05) is 5.39 Å². The Morgan fingerprint density at radius 2 is 1.88 bits per heavy atom. The van der Waals surface area contributed by atoms with Crippen LogP contribution in [0, 0.1) is 5.92 Å². The van der Waals surface area contributed by atoms with Gasteiger partial charge in [-0.15, -0.1) is 0 Å². The second-order valence-corrected chi connectivity index (χ2v) is 6.02. The van der Waals surface area contributed by atoms with Gasteiger partial charge in [0.25, 0.3) is 0 Å². The van der Waals surface area contributed by atoms with E-state index >= 15 is 0 Å². The molecule has 0 aliphatic heterocycles. The monoisotopic (exact) mass is 338 g/mol. The molecule has 2 aromatic rings. The molecule has 0 amide bonds. The van der Waals surface area contributed by atoms with E-state index in [1.54, 1.807) is 14.2 Å². The van der Waals surface area contributed by atoms with E-state index < -0.39 is 0 Å². The summed E-state index contributed by atoms with van der Waals surface area (Å²) in [6.45, 7) is 0. The molecule has 130 valence electrons. The molecule has 3 rings (SSSR count). The maximum Gasteiger partial charge on any atom is 0.341 e. The van der Waals surface area contributed by atoms with Gasteiger partial charge in [-0.25, -0.2) is 4.79 Å². The first-order valence-corrected chi connectivity index (χ1v) is 8.27. The standard InChI is InChI=1S/C21H22O4/c1-23-16-10-8-14(9-11-16)12-15-13-19(21(22)25-3)20(24-2)18-7-5-4-6-17(15)18/h4-8,10-11,13-14H,9,12H2,1-3H3. The molecule has 1 aliphatic rings. The Bertz CT molecular complexity index is 848. The number of esters is 1. The van der Waals surface area contributed by atoms with E-state index in [-0.39, 0.29) is 5.97 Å². The highest BCUT2D eigenvalue weighted by molar-refractivity contribution is 6.02. The number of ether oxygens (including phenoxy) is 3. The van der Waals surface area contributed by atoms with E-state index in [0.717, 1.165) is 34.9 Å². The molecular formula is C21H22O4. The van der Waals surface area contributed by atoms with Crippen molar-refractivity contribution < 1.29 is 19.0 Å². The van der Waals surface area contributed by atoms with Crippen molar-refractivity contribution in [1.82, 2.24) is 0 Å². The predicted molar refractivity (Wildman–Crippen MR) is 97.9 cm³/mol. The topological polar surface area (TPSA) is 44.8 Å². The summed E-state index contributed by atoms with van der Waals surface area (Å²) in [6, 6.07) is 9.89. The van der Waals surface area contributed by atoms with Crippen molar-refractivity contribution in [2.24, 2.45) is 5.92 Å². The zero-order valence-electron chi connectivity index (χ0n) is 14.7. The molecule has 0 saturated heterocycles. The van der Waals surface area contributed by atoms with Crippen molar-refractivity contribution in [3.63, 3.8) is 0 Å². The van der Waals surface area contributed by atoms with E-state index in [2.05, 4.69) is 18.2 Å². The maximum atomic E-state index is 12.2. The average Bonchev–Trinajstić information content (AvgIpc) is 2.67. The molecule has 4 nitrogen and oxygen atoms in total. The highest BCUT2D eigenvalue weighted by atomic mass is 16.5. The molecule has 0 bridgehead atoms. The molecule has 0 saturated carbocycles. The molecular weight excluding hydrogens is 316 g/mol. The third-order valence-electron chi connectivity index (χ3n) is 4.56. The van der Waals surface area contributed by atoms with Crippen LogP contribution in [0.3, 0.4) is 0 Å². The second kappa shape index (κ2) is 7.43. The SMILES string of the molecule is COC(=O)c1cc(CC2C=CC(OC)=CC2)c2ccccc2c1OC. The lowest BCUT2D eigenvalue weighted by molar-refractivity contribution is 0.0597. The summed E-state index contributed by atoms with van der Waals surface area (Å²) in [5, 5.41) is 2.03. The van der Waals surface area contributed by atoms with E-state index in [9.17, 15) is 4.79 Å². The molecule has 2 aromatic carbocycles. The van der Waals surface area contributed by atoms with Crippen molar-refractivity contribution in [1.29, 1.82) is 0 Å². The van der Waals surface area contributed by atoms with Crippen molar-refractivity contribution >= 4 is 16.7 Å². The maximum absolute atomic E-state index is 12.2. The van der Waals surface area contributed by atoms with Crippen LogP contribution in [0.5, 0.6) is 5.75 Å². The normalized spacial score (nSPS) is 16.4. The molecule has 4 heteroatoms. The van der Waals surface area contributed by atoms with E-state index in [1.165, 1.54) is 7.11 Å². The minimum atomic E-state index is -0.385. The number of benzene rings is 2. The summed E-state index contributed by atoms with van der Waals surface area (Å²) in [5.74, 6) is 1.43. The number of methoxy groups -OCH3 is 3. The summed E-state index contributed by atoms with van der Waals surface area (Å²) >= 11 is 0. The molecule has 0 aromatic heterocycles. The van der Waals surface area contributed by atoms with Crippen LogP contribution in [0.1, 0.15) is 22.3 Å². The summed E-state index contributed by atoms with van der Waals surface area (Å²) < 4.78 is 15.7. The Balaban J connectivity index is 2.04. The molecule has 0 fully saturated rings. The molecule has 1 atom stereocenters. The molecule has 0 spiro atoms.